The summed E-state index contributed by atoms with van der Waals surface area (Å²) in [5.74, 6) is -1.18. The summed E-state index contributed by atoms with van der Waals surface area (Å²) in [6.45, 7) is 8.01. The number of primary amides is 1. The molecule has 4 N–H and O–H groups in total. The van der Waals surface area contributed by atoms with Gasteiger partial charge in [-0.1, -0.05) is 193 Å². The van der Waals surface area contributed by atoms with E-state index in [9.17, 15) is 15.0 Å². The van der Waals surface area contributed by atoms with Crippen LogP contribution in [-0.2, 0) is 33.6 Å². The topological polar surface area (TPSA) is 104 Å². The molecule has 2 atom stereocenters. The van der Waals surface area contributed by atoms with Gasteiger partial charge in [0, 0.05) is 0 Å². The monoisotopic (exact) mass is 784 g/mol. The minimum absolute atomic E-state index is 0.183. The van der Waals surface area contributed by atoms with E-state index in [2.05, 4.69) is 0 Å². The van der Waals surface area contributed by atoms with Crippen LogP contribution >= 0.6 is 0 Å². The van der Waals surface area contributed by atoms with Gasteiger partial charge >= 0.3 is 0 Å². The van der Waals surface area contributed by atoms with Gasteiger partial charge in [-0.15, -0.1) is 0 Å². The lowest BCUT2D eigenvalue weighted by molar-refractivity contribution is -0.166. The maximum absolute atomic E-state index is 16.4. The molecule has 0 radical (unpaired) electrons. The minimum atomic E-state index is -1.86. The normalized spacial score (nSPS) is 15.0. The summed E-state index contributed by atoms with van der Waals surface area (Å²) in [5, 5.41) is 28.3. The number of aliphatic hydroxyl groups is 2. The lowest BCUT2D eigenvalue weighted by atomic mass is 9.70. The molecule has 0 heterocycles. The first-order valence-corrected chi connectivity index (χ1v) is 20.8. The molecule has 1 saturated carbocycles. The Balaban J connectivity index is 1.63. The van der Waals surface area contributed by atoms with Crippen LogP contribution in [0.25, 0.3) is 0 Å². The van der Waals surface area contributed by atoms with Gasteiger partial charge < -0.3 is 20.8 Å². The van der Waals surface area contributed by atoms with Crippen LogP contribution in [-0.4, -0.2) is 39.0 Å². The van der Waals surface area contributed by atoms with Gasteiger partial charge in [0.1, 0.15) is 16.6 Å². The van der Waals surface area contributed by atoms with Crippen molar-refractivity contribution in [3.8, 4) is 0 Å². The van der Waals surface area contributed by atoms with Crippen molar-refractivity contribution >= 4 is 11.8 Å². The number of hydrogen-bond acceptors (Lipinski definition) is 4. The molecule has 7 rings (SSSR count). The number of hydrogen-bond donors (Lipinski definition) is 3. The van der Waals surface area contributed by atoms with Crippen molar-refractivity contribution in [3.05, 3.63) is 213 Å². The third-order valence-electron chi connectivity index (χ3n) is 12.7. The molecular formula is C53H56N2O4. The van der Waals surface area contributed by atoms with Crippen LogP contribution in [0, 0.1) is 33.1 Å². The fraction of sp³-hybridized carbons (Fsp3) is 0.283. The summed E-state index contributed by atoms with van der Waals surface area (Å²) in [5.41, 5.74) is 9.25. The Morgan fingerprint density at radius 2 is 0.814 bits per heavy atom. The third-order valence-corrected chi connectivity index (χ3v) is 12.7. The number of aryl methyl sites for hydroxylation is 4. The molecule has 2 amide bonds. The molecular weight excluding hydrogens is 729 g/mol. The quantitative estimate of drug-likeness (QED) is 0.0959. The average Bonchev–Trinajstić information content (AvgIpc) is 3.76. The molecule has 1 aliphatic rings. The molecule has 0 aromatic heterocycles. The van der Waals surface area contributed by atoms with Crippen LogP contribution in [0.1, 0.15) is 81.3 Å². The van der Waals surface area contributed by atoms with Crippen LogP contribution in [0.2, 0.25) is 0 Å². The molecule has 6 heteroatoms. The zero-order valence-electron chi connectivity index (χ0n) is 34.6. The largest absolute Gasteiger partial charge is 0.378 e. The zero-order chi connectivity index (χ0) is 41.8. The predicted octanol–water partition coefficient (Wildman–Crippen LogP) is 9.19. The third kappa shape index (κ3) is 8.12. The molecule has 0 saturated heterocycles. The van der Waals surface area contributed by atoms with E-state index in [0.29, 0.717) is 35.1 Å². The highest BCUT2D eigenvalue weighted by atomic mass is 16.3. The van der Waals surface area contributed by atoms with E-state index in [-0.39, 0.29) is 25.7 Å². The van der Waals surface area contributed by atoms with E-state index < -0.39 is 40.5 Å². The Morgan fingerprint density at radius 1 is 0.525 bits per heavy atom. The summed E-state index contributed by atoms with van der Waals surface area (Å²) < 4.78 is 0. The molecule has 0 spiro atoms. The van der Waals surface area contributed by atoms with E-state index in [0.717, 1.165) is 33.4 Å². The number of benzene rings is 6. The standard InChI is InChI=1S/C53H56N2O4/c1-37-17-25-43(26-18-37)52(58,44-27-19-38(2)20-28-44)47(35-41-13-7-5-8-14-41)55(50(57)51(49(54)56)33-11-12-34-51)48(36-42-15-9-6-10-16-42)53(59,45-29-21-39(3)22-30-45)46-31-23-40(4)24-32-46/h5-10,13-32,47-48,58-59H,11-12,33-36H2,1-4H3,(H2,54,56)/t47-,48-/m1/s1. The minimum Gasteiger partial charge on any atom is -0.378 e. The predicted molar refractivity (Wildman–Crippen MR) is 236 cm³/mol. The molecule has 6 aromatic rings. The molecule has 1 fully saturated rings. The first-order chi connectivity index (χ1) is 28.4. The van der Waals surface area contributed by atoms with Gasteiger partial charge in [-0.3, -0.25) is 9.59 Å². The Morgan fingerprint density at radius 3 is 1.08 bits per heavy atom. The molecule has 302 valence electrons. The lowest BCUT2D eigenvalue weighted by Crippen LogP contribution is -2.67. The highest BCUT2D eigenvalue weighted by Gasteiger charge is 2.58. The first kappa shape index (κ1) is 41.3. The Bertz CT molecular complexity index is 2100. The Hall–Kier alpha value is -5.82. The maximum atomic E-state index is 16.4. The van der Waals surface area contributed by atoms with Crippen molar-refractivity contribution in [1.82, 2.24) is 4.90 Å². The van der Waals surface area contributed by atoms with Crippen molar-refractivity contribution in [2.24, 2.45) is 11.1 Å². The van der Waals surface area contributed by atoms with Gasteiger partial charge in [0.2, 0.25) is 11.8 Å². The zero-order valence-corrected chi connectivity index (χ0v) is 34.6. The summed E-state index contributed by atoms with van der Waals surface area (Å²) in [7, 11) is 0. The molecule has 0 bridgehead atoms. The number of rotatable bonds is 14. The second-order valence-electron chi connectivity index (χ2n) is 16.8. The molecule has 6 aromatic carbocycles. The summed E-state index contributed by atoms with van der Waals surface area (Å²) in [6.07, 6.45) is 2.21. The van der Waals surface area contributed by atoms with Gasteiger partial charge in [-0.2, -0.15) is 0 Å². The van der Waals surface area contributed by atoms with Crippen molar-refractivity contribution < 1.29 is 19.8 Å². The highest BCUT2D eigenvalue weighted by Crippen LogP contribution is 2.48. The second kappa shape index (κ2) is 17.2. The number of nitrogens with zero attached hydrogens (tertiary/aromatic N) is 1. The van der Waals surface area contributed by atoms with Crippen LogP contribution < -0.4 is 5.73 Å². The van der Waals surface area contributed by atoms with Crippen molar-refractivity contribution in [2.75, 3.05) is 0 Å². The van der Waals surface area contributed by atoms with Crippen molar-refractivity contribution in [3.63, 3.8) is 0 Å². The Kier molecular flexibility index (Phi) is 12.0. The number of amides is 2. The molecule has 6 nitrogen and oxygen atoms in total. The smallest absolute Gasteiger partial charge is 0.239 e. The molecule has 59 heavy (non-hydrogen) atoms. The second-order valence-corrected chi connectivity index (χ2v) is 16.8. The fourth-order valence-corrected chi connectivity index (χ4v) is 9.19. The molecule has 0 aliphatic heterocycles. The average molecular weight is 785 g/mol. The van der Waals surface area contributed by atoms with Crippen LogP contribution in [0.4, 0.5) is 0 Å². The van der Waals surface area contributed by atoms with E-state index in [1.165, 1.54) is 0 Å². The Labute approximate surface area is 349 Å². The van der Waals surface area contributed by atoms with Gasteiger partial charge in [0.15, 0.2) is 0 Å². The van der Waals surface area contributed by atoms with E-state index in [1.807, 2.05) is 185 Å². The van der Waals surface area contributed by atoms with E-state index in [4.69, 9.17) is 5.73 Å². The molecule has 1 aliphatic carbocycles. The van der Waals surface area contributed by atoms with Gasteiger partial charge in [-0.05, 0) is 86.8 Å². The summed E-state index contributed by atoms with van der Waals surface area (Å²) in [4.78, 5) is 32.1. The summed E-state index contributed by atoms with van der Waals surface area (Å²) in [6, 6.07) is 48.7. The fourth-order valence-electron chi connectivity index (χ4n) is 9.19. The van der Waals surface area contributed by atoms with Crippen molar-refractivity contribution in [2.45, 2.75) is 89.5 Å². The number of carbonyl (C=O) groups is 2. The maximum Gasteiger partial charge on any atom is 0.239 e. The summed E-state index contributed by atoms with van der Waals surface area (Å²) >= 11 is 0. The molecule has 0 unspecified atom stereocenters. The first-order valence-electron chi connectivity index (χ1n) is 20.8. The van der Waals surface area contributed by atoms with Gasteiger partial charge in [0.05, 0.1) is 12.1 Å². The van der Waals surface area contributed by atoms with Crippen LogP contribution in [0.3, 0.4) is 0 Å². The van der Waals surface area contributed by atoms with Gasteiger partial charge in [-0.25, -0.2) is 0 Å². The highest BCUT2D eigenvalue weighted by molar-refractivity contribution is 6.05. The van der Waals surface area contributed by atoms with E-state index in [1.54, 1.807) is 4.90 Å². The van der Waals surface area contributed by atoms with Gasteiger partial charge in [0.25, 0.3) is 0 Å². The van der Waals surface area contributed by atoms with Crippen molar-refractivity contribution in [1.29, 1.82) is 0 Å². The van der Waals surface area contributed by atoms with Crippen LogP contribution in [0.5, 0.6) is 0 Å². The van der Waals surface area contributed by atoms with E-state index >= 15 is 4.79 Å². The lowest BCUT2D eigenvalue weighted by Gasteiger charge is -2.53. The SMILES string of the molecule is Cc1ccc(C(O)(c2ccc(C)cc2)[C@@H](Cc2ccccc2)N(C(=O)C2(C(N)=O)CCCC2)[C@H](Cc2ccccc2)C(O)(c2ccc(C)cc2)c2ccc(C)cc2)cc1. The number of nitrogens with two attached hydrogens (primary N) is 1. The number of carbonyl (C=O) groups excluding carboxylic acids is 2. The van der Waals surface area contributed by atoms with Crippen LogP contribution in [0.15, 0.2) is 158 Å².